The zero-order chi connectivity index (χ0) is 22.1. The zero-order valence-corrected chi connectivity index (χ0v) is 17.9. The second kappa shape index (κ2) is 8.34. The number of hydrogen-bond acceptors (Lipinski definition) is 5. The molecule has 160 valence electrons. The van der Waals surface area contributed by atoms with Crippen molar-refractivity contribution in [2.45, 2.75) is 33.6 Å². The third-order valence-corrected chi connectivity index (χ3v) is 5.70. The molecule has 0 spiro atoms. The van der Waals surface area contributed by atoms with Gasteiger partial charge in [-0.05, 0) is 49.1 Å². The maximum Gasteiger partial charge on any atom is 0.165 e. The summed E-state index contributed by atoms with van der Waals surface area (Å²) < 4.78 is 15.7. The number of hydrogen-bond donors (Lipinski definition) is 2. The Bertz CT molecular complexity index is 1170. The number of nitrogens with zero attached hydrogens (tertiary/aromatic N) is 4. The van der Waals surface area contributed by atoms with Crippen LogP contribution in [0.2, 0.25) is 0 Å². The van der Waals surface area contributed by atoms with Gasteiger partial charge in [-0.25, -0.2) is 9.38 Å². The largest absolute Gasteiger partial charge is 0.505 e. The number of aryl methyl sites for hydroxylation is 1. The SMILES string of the molecule is C/C=C\c1cc(-c2cnn3c2N=C(C2C=C(F)C(O)=CC2C)CC=C3N)cnc1CC. The number of aliphatic hydroxyl groups is 1. The summed E-state index contributed by atoms with van der Waals surface area (Å²) in [5.74, 6) is -0.268. The minimum atomic E-state index is -0.629. The molecule has 1 aliphatic heterocycles. The third-order valence-electron chi connectivity index (χ3n) is 5.70. The molecule has 1 aliphatic carbocycles. The van der Waals surface area contributed by atoms with Gasteiger partial charge in [0.1, 0.15) is 11.6 Å². The van der Waals surface area contributed by atoms with Gasteiger partial charge in [0.2, 0.25) is 0 Å². The first kappa shape index (κ1) is 20.8. The molecule has 0 bridgehead atoms. The molecule has 2 unspecified atom stereocenters. The molecular formula is C24H26FN5O. The third kappa shape index (κ3) is 3.83. The van der Waals surface area contributed by atoms with E-state index in [1.165, 1.54) is 12.2 Å². The van der Waals surface area contributed by atoms with Crippen molar-refractivity contribution in [3.8, 4) is 11.1 Å². The Balaban J connectivity index is 1.83. The van der Waals surface area contributed by atoms with Gasteiger partial charge in [-0.1, -0.05) is 26.0 Å². The summed E-state index contributed by atoms with van der Waals surface area (Å²) >= 11 is 0. The van der Waals surface area contributed by atoms with Crippen molar-refractivity contribution in [1.82, 2.24) is 14.8 Å². The van der Waals surface area contributed by atoms with E-state index in [2.05, 4.69) is 23.1 Å². The molecule has 2 aliphatic rings. The molecule has 2 aromatic rings. The van der Waals surface area contributed by atoms with Gasteiger partial charge >= 0.3 is 0 Å². The average molecular weight is 420 g/mol. The molecule has 0 saturated carbocycles. The van der Waals surface area contributed by atoms with Crippen molar-refractivity contribution in [1.29, 1.82) is 0 Å². The lowest BCUT2D eigenvalue weighted by Crippen LogP contribution is -2.22. The molecule has 3 N–H and O–H groups in total. The Labute approximate surface area is 181 Å². The number of fused-ring (bicyclic) bond motifs is 1. The van der Waals surface area contributed by atoms with Crippen LogP contribution in [-0.4, -0.2) is 25.6 Å². The molecule has 7 heteroatoms. The highest BCUT2D eigenvalue weighted by molar-refractivity contribution is 5.95. The van der Waals surface area contributed by atoms with Crippen molar-refractivity contribution < 1.29 is 9.50 Å². The Morgan fingerprint density at radius 2 is 2.13 bits per heavy atom. The molecular weight excluding hydrogens is 393 g/mol. The molecule has 0 aromatic carbocycles. The van der Waals surface area contributed by atoms with E-state index in [0.29, 0.717) is 18.1 Å². The number of aliphatic imine (C=N–C) groups is 1. The van der Waals surface area contributed by atoms with Crippen LogP contribution in [0.1, 0.15) is 38.4 Å². The lowest BCUT2D eigenvalue weighted by atomic mass is 9.84. The Morgan fingerprint density at radius 1 is 1.32 bits per heavy atom. The van der Waals surface area contributed by atoms with Gasteiger partial charge in [0.15, 0.2) is 11.6 Å². The maximum atomic E-state index is 14.1. The molecule has 0 radical (unpaired) electrons. The first-order valence-corrected chi connectivity index (χ1v) is 10.4. The van der Waals surface area contributed by atoms with Crippen molar-refractivity contribution in [3.63, 3.8) is 0 Å². The predicted octanol–water partition coefficient (Wildman–Crippen LogP) is 5.34. The minimum Gasteiger partial charge on any atom is -0.505 e. The van der Waals surface area contributed by atoms with E-state index < -0.39 is 5.83 Å². The average Bonchev–Trinajstić information content (AvgIpc) is 3.10. The van der Waals surface area contributed by atoms with E-state index in [1.54, 1.807) is 10.9 Å². The molecule has 0 fully saturated rings. The van der Waals surface area contributed by atoms with Crippen LogP contribution in [0.15, 0.2) is 59.3 Å². The lowest BCUT2D eigenvalue weighted by Gasteiger charge is -2.23. The summed E-state index contributed by atoms with van der Waals surface area (Å²) in [6.07, 6.45) is 13.7. The molecule has 4 rings (SSSR count). The van der Waals surface area contributed by atoms with Crippen molar-refractivity contribution in [2.75, 3.05) is 0 Å². The van der Waals surface area contributed by atoms with E-state index in [1.807, 2.05) is 38.3 Å². The number of halogens is 1. The standard InChI is InChI=1S/C24H26FN5O/c1-4-6-15-10-16(12-27-20(15)5-2)18-13-28-30-23(26)8-7-21(29-24(18)30)17-11-19(25)22(31)9-14(17)3/h4,6,8-14,17,31H,5,7,26H2,1-3H3/b6-4-. The summed E-state index contributed by atoms with van der Waals surface area (Å²) in [6.45, 7) is 5.98. The van der Waals surface area contributed by atoms with E-state index in [0.717, 1.165) is 34.5 Å². The Kier molecular flexibility index (Phi) is 5.59. The molecule has 3 heterocycles. The van der Waals surface area contributed by atoms with Gasteiger partial charge in [0, 0.05) is 41.1 Å². The maximum absolute atomic E-state index is 14.1. The van der Waals surface area contributed by atoms with Crippen molar-refractivity contribution >= 4 is 23.4 Å². The topological polar surface area (TPSA) is 89.3 Å². The number of nitrogens with two attached hydrogens (primary N) is 1. The van der Waals surface area contributed by atoms with Crippen molar-refractivity contribution in [3.05, 3.63) is 65.6 Å². The van der Waals surface area contributed by atoms with Crippen LogP contribution >= 0.6 is 0 Å². The molecule has 31 heavy (non-hydrogen) atoms. The number of aliphatic hydroxyl groups excluding tert-OH is 1. The van der Waals surface area contributed by atoms with Gasteiger partial charge in [0.25, 0.3) is 0 Å². The smallest absolute Gasteiger partial charge is 0.165 e. The summed E-state index contributed by atoms with van der Waals surface area (Å²) in [6, 6.07) is 2.08. The quantitative estimate of drug-likeness (QED) is 0.700. The lowest BCUT2D eigenvalue weighted by molar-refractivity contribution is 0.368. The van der Waals surface area contributed by atoms with Gasteiger partial charge in [-0.2, -0.15) is 9.78 Å². The van der Waals surface area contributed by atoms with Gasteiger partial charge in [-0.3, -0.25) is 4.98 Å². The van der Waals surface area contributed by atoms with E-state index in [4.69, 9.17) is 10.7 Å². The highest BCUT2D eigenvalue weighted by Gasteiger charge is 2.28. The van der Waals surface area contributed by atoms with Crippen LogP contribution in [0.25, 0.3) is 23.0 Å². The van der Waals surface area contributed by atoms with Gasteiger partial charge < -0.3 is 10.8 Å². The molecule has 0 saturated heterocycles. The zero-order valence-electron chi connectivity index (χ0n) is 17.9. The van der Waals surface area contributed by atoms with Crippen molar-refractivity contribution in [2.24, 2.45) is 22.6 Å². The fourth-order valence-corrected chi connectivity index (χ4v) is 4.03. The molecule has 2 aromatic heterocycles. The number of allylic oxidation sites excluding steroid dienone is 5. The van der Waals surface area contributed by atoms with Gasteiger partial charge in [0.05, 0.1) is 6.20 Å². The Morgan fingerprint density at radius 3 is 2.87 bits per heavy atom. The second-order valence-corrected chi connectivity index (χ2v) is 7.79. The summed E-state index contributed by atoms with van der Waals surface area (Å²) in [4.78, 5) is 9.52. The molecule has 2 atom stereocenters. The second-order valence-electron chi connectivity index (χ2n) is 7.79. The predicted molar refractivity (Wildman–Crippen MR) is 122 cm³/mol. The summed E-state index contributed by atoms with van der Waals surface area (Å²) in [5.41, 5.74) is 10.8. The first-order valence-electron chi connectivity index (χ1n) is 10.4. The highest BCUT2D eigenvalue weighted by Crippen LogP contribution is 2.37. The van der Waals surface area contributed by atoms with Crippen LogP contribution in [-0.2, 0) is 6.42 Å². The highest BCUT2D eigenvalue weighted by atomic mass is 19.1. The molecule has 6 nitrogen and oxygen atoms in total. The van der Waals surface area contributed by atoms with Crippen LogP contribution in [0, 0.1) is 11.8 Å². The fraction of sp³-hybridized carbons (Fsp3) is 0.292. The van der Waals surface area contributed by atoms with E-state index in [-0.39, 0.29) is 17.6 Å². The van der Waals surface area contributed by atoms with Crippen LogP contribution in [0.4, 0.5) is 10.2 Å². The monoisotopic (exact) mass is 419 g/mol. The molecule has 0 amide bonds. The first-order chi connectivity index (χ1) is 14.9. The minimum absolute atomic E-state index is 0.0994. The van der Waals surface area contributed by atoms with Crippen LogP contribution in [0.3, 0.4) is 0 Å². The number of rotatable bonds is 4. The van der Waals surface area contributed by atoms with E-state index >= 15 is 0 Å². The Hall–Kier alpha value is -3.48. The van der Waals surface area contributed by atoms with E-state index in [9.17, 15) is 9.50 Å². The summed E-state index contributed by atoms with van der Waals surface area (Å²) in [7, 11) is 0. The van der Waals surface area contributed by atoms with Crippen LogP contribution < -0.4 is 5.73 Å². The normalized spacial score (nSPS) is 21.2. The van der Waals surface area contributed by atoms with Gasteiger partial charge in [-0.15, -0.1) is 0 Å². The summed E-state index contributed by atoms with van der Waals surface area (Å²) in [5, 5.41) is 14.2. The fourth-order valence-electron chi connectivity index (χ4n) is 4.03. The van der Waals surface area contributed by atoms with Crippen LogP contribution in [0.5, 0.6) is 0 Å². The number of aromatic nitrogens is 3. The number of pyridine rings is 1.